The Morgan fingerprint density at radius 1 is 0.709 bits per heavy atom. The smallest absolute Gasteiger partial charge is 0.330 e. The van der Waals surface area contributed by atoms with Crippen LogP contribution in [0.2, 0.25) is 10.0 Å². The highest BCUT2D eigenvalue weighted by Crippen LogP contribution is 2.60. The number of likely N-dealkylation sites (N-methyl/N-ethyl adjacent to an activating group) is 1. The first-order chi connectivity index (χ1) is 60.6. The number of amides is 8. The number of phenols is 3. The lowest BCUT2D eigenvalue weighted by Crippen LogP contribution is -2.83. The molecule has 2 saturated carbocycles. The summed E-state index contributed by atoms with van der Waals surface area (Å²) in [6.07, 6.45) is -14.6. The molecule has 14 rings (SSSR count). The first kappa shape index (κ1) is 95.3. The number of phenolic OH excluding ortho intramolecular Hbond substituents is 3. The molecule has 20 atom stereocenters. The zero-order valence-electron chi connectivity index (χ0n) is 69.9. The molecule has 40 heteroatoms. The second-order valence-electron chi connectivity index (χ2n) is 33.0. The fraction of sp³-hybridized carbons (Fsp3) is 0.483. The van der Waals surface area contributed by atoms with Crippen LogP contribution in [0.5, 0.6) is 51.7 Å². The van der Waals surface area contributed by atoms with Crippen molar-refractivity contribution in [1.29, 1.82) is 0 Å². The van der Waals surface area contributed by atoms with E-state index in [0.717, 1.165) is 79.1 Å². The highest BCUT2D eigenvalue weighted by molar-refractivity contribution is 6.32. The van der Waals surface area contributed by atoms with E-state index in [0.29, 0.717) is 18.9 Å². The molecule has 6 aromatic rings. The van der Waals surface area contributed by atoms with Crippen molar-refractivity contribution in [2.45, 2.75) is 208 Å². The average Bonchev–Trinajstić information content (AvgIpc) is 0.680. The number of benzene rings is 6. The Labute approximate surface area is 738 Å². The number of unbranched alkanes of at least 4 members (excludes halogenated alkanes) is 1. The van der Waals surface area contributed by atoms with E-state index in [-0.39, 0.29) is 90.9 Å². The quantitative estimate of drug-likeness (QED) is 0.0277. The molecule has 8 aliphatic rings. The number of primary amides is 1. The molecule has 2 aliphatic carbocycles. The summed E-state index contributed by atoms with van der Waals surface area (Å²) >= 11 is 14.4. The lowest BCUT2D eigenvalue weighted by Gasteiger charge is -2.69. The van der Waals surface area contributed by atoms with Gasteiger partial charge in [0.25, 0.3) is 0 Å². The molecule has 3 fully saturated rings. The van der Waals surface area contributed by atoms with Gasteiger partial charge in [0, 0.05) is 48.7 Å². The summed E-state index contributed by atoms with van der Waals surface area (Å²) in [6, 6.07) is 5.86. The fourth-order valence-corrected chi connectivity index (χ4v) is 17.3. The normalized spacial score (nSPS) is 26.7. The number of aliphatic hydroxyl groups is 8. The standard InChI is InChI=1S/C87H107Cl2N11O27/c1-6-7-24-122-46-17-12-40(13-18-46)34-94-87-33-60(65(87)39(4)78(87)113)125-77-75(112)74(111)61(37-102)126-86(77)127-76-58-29-44-30-59(76)124-57-21-16-43(28-51(57)89)72(109)70-84(119)98-68(85(120)121)48-31-55(105)49(35-92-22-9-23-93-63(107)11-8-10-45(103)36-101)73(110)64(48)47-26-41(14-19-54(47)104)66(81(116)100-70)97-82(117)67(44)96-80(115)53(32-62(90)106)95-83(118)69(99-79(114)52(91-5)25-38(2)3)71(108)42-15-20-56(123-58)50(88)27-42/h12-21,26-31,38-39,45,52-53,60-61,65-72,74-75,77-78,86,91-92,94,101-105,108-113H,6-11,22-25,32-37H2,1-5H3,(H2,90,106)(H,93,107)(H,95,118)(H,96,115)(H,97,117)(H,98,119)(H,99,114)(H,100,116)(H,120,121)/t39-,45+,52-,53?,60+,61-,65?,66+,67-,68+,69-,70+,71-,72-,74?,75?,77-,78-,86+,87?/m1/s1. The maximum atomic E-state index is 16.4. The molecule has 38 nitrogen and oxygen atoms in total. The minimum atomic E-state index is -2.39. The molecular weight excluding hydrogens is 1700 g/mol. The van der Waals surface area contributed by atoms with Crippen LogP contribution in [0.3, 0.4) is 0 Å². The van der Waals surface area contributed by atoms with Crippen molar-refractivity contribution < 1.29 is 133 Å². The molecule has 24 N–H and O–H groups in total. The Bertz CT molecular complexity index is 5060. The van der Waals surface area contributed by atoms with Crippen LogP contribution in [0.1, 0.15) is 155 Å². The Balaban J connectivity index is 1.01. The molecule has 127 heavy (non-hydrogen) atoms. The summed E-state index contributed by atoms with van der Waals surface area (Å²) in [5.41, 5.74) is 2.36. The minimum absolute atomic E-state index is 0.0473. The third-order valence-corrected chi connectivity index (χ3v) is 24.3. The van der Waals surface area contributed by atoms with Gasteiger partial charge in [0.2, 0.25) is 59.3 Å². The largest absolute Gasteiger partial charge is 0.507 e. The number of carbonyl (C=O) groups is 9. The zero-order valence-corrected chi connectivity index (χ0v) is 71.4. The Hall–Kier alpha value is -10.8. The van der Waals surface area contributed by atoms with Gasteiger partial charge in [0.05, 0.1) is 71.7 Å². The van der Waals surface area contributed by atoms with Crippen LogP contribution < -0.4 is 77.8 Å². The Morgan fingerprint density at radius 2 is 1.36 bits per heavy atom. The summed E-state index contributed by atoms with van der Waals surface area (Å²) < 4.78 is 39.5. The first-order valence-electron chi connectivity index (χ1n) is 41.8. The van der Waals surface area contributed by atoms with Gasteiger partial charge in [-0.05, 0) is 159 Å². The lowest BCUT2D eigenvalue weighted by atomic mass is 9.44. The van der Waals surface area contributed by atoms with Gasteiger partial charge in [-0.3, -0.25) is 38.4 Å². The van der Waals surface area contributed by atoms with Gasteiger partial charge < -0.3 is 149 Å². The van der Waals surface area contributed by atoms with Gasteiger partial charge in [0.1, 0.15) is 101 Å². The number of halogens is 2. The van der Waals surface area contributed by atoms with Crippen LogP contribution in [0.15, 0.2) is 97.1 Å². The van der Waals surface area contributed by atoms with Crippen LogP contribution in [-0.4, -0.2) is 233 Å². The highest BCUT2D eigenvalue weighted by atomic mass is 35.5. The van der Waals surface area contributed by atoms with Crippen molar-refractivity contribution in [3.63, 3.8) is 0 Å². The third kappa shape index (κ3) is 21.3. The summed E-state index contributed by atoms with van der Waals surface area (Å²) in [6.45, 7) is 6.72. The molecular formula is C87H107Cl2N11O27. The van der Waals surface area contributed by atoms with E-state index in [9.17, 15) is 75.3 Å². The second kappa shape index (κ2) is 41.5. The Kier molecular flexibility index (Phi) is 31.2. The average molecular weight is 1810 g/mol. The van der Waals surface area contributed by atoms with Gasteiger partial charge >= 0.3 is 5.97 Å². The molecule has 6 heterocycles. The van der Waals surface area contributed by atoms with Crippen molar-refractivity contribution >= 4 is 76.4 Å². The number of nitrogens with one attached hydrogen (secondary N) is 10. The molecule has 0 aromatic heterocycles. The van der Waals surface area contributed by atoms with E-state index in [1.165, 1.54) is 19.2 Å². The SMILES string of the molecule is CCCCOc1ccc(CNC23C[C@H](O[C@@H]4C(O)C(O)[C@@H](CO)O[C@H]4Oc4c5cc6cc4Oc4ccc(cc4Cl)[C@@H](O)[C@@H](NC(=O)[C@@H](CC(C)C)NC)C(=O)NC(CC(N)=O)C(=O)N[C@H]6C(=O)N[C@@H]4C(=O)N[C@H](C(=O)N[C@H](C(=O)O)c6cc(O)c(CNCCCNC(=O)CCC[C@H](O)CO)c(O)c6-c6cc4ccc6O)[C@H](O)c4ccc(c(Cl)c4)O5)C2[C@@H](C)[C@H]3O)cc1. The highest BCUT2D eigenvalue weighted by Gasteiger charge is 2.71. The topological polar surface area (TPSA) is 598 Å². The van der Waals surface area contributed by atoms with E-state index < -0.39 is 267 Å². The molecule has 11 bridgehead atoms. The van der Waals surface area contributed by atoms with Gasteiger partial charge in [-0.2, -0.15) is 0 Å². The third-order valence-electron chi connectivity index (χ3n) is 23.7. The van der Waals surface area contributed by atoms with Gasteiger partial charge in [-0.25, -0.2) is 4.79 Å². The van der Waals surface area contributed by atoms with Crippen molar-refractivity contribution in [3.8, 4) is 62.9 Å². The Morgan fingerprint density at radius 3 is 1.99 bits per heavy atom. The number of aliphatic carboxylic acids is 1. The molecule has 0 radical (unpaired) electrons. The molecule has 686 valence electrons. The van der Waals surface area contributed by atoms with Crippen LogP contribution in [0, 0.1) is 17.8 Å². The molecule has 0 spiro atoms. The van der Waals surface area contributed by atoms with Crippen molar-refractivity contribution in [1.82, 2.24) is 53.2 Å². The number of aromatic hydroxyl groups is 3. The number of carbonyl (C=O) groups excluding carboxylic acids is 8. The number of hydrogen-bond donors (Lipinski definition) is 23. The van der Waals surface area contributed by atoms with Crippen LogP contribution in [0.4, 0.5) is 0 Å². The number of carboxylic acids is 1. The predicted molar refractivity (Wildman–Crippen MR) is 451 cm³/mol. The summed E-state index contributed by atoms with van der Waals surface area (Å²) in [5.74, 6) is -16.8. The monoisotopic (exact) mass is 1810 g/mol. The van der Waals surface area contributed by atoms with E-state index in [1.807, 2.05) is 38.1 Å². The summed E-state index contributed by atoms with van der Waals surface area (Å²) in [7, 11) is 1.48. The lowest BCUT2D eigenvalue weighted by molar-refractivity contribution is -0.333. The molecule has 6 aliphatic heterocycles. The number of fused-ring (bicyclic) bond motifs is 16. The first-order valence-corrected chi connectivity index (χ1v) is 42.6. The number of ether oxygens (including phenoxy) is 6. The van der Waals surface area contributed by atoms with Crippen LogP contribution in [0.25, 0.3) is 11.1 Å². The number of hydrogen-bond acceptors (Lipinski definition) is 29. The molecule has 6 aromatic carbocycles. The van der Waals surface area contributed by atoms with E-state index in [1.54, 1.807) is 6.92 Å². The molecule has 1 saturated heterocycles. The summed E-state index contributed by atoms with van der Waals surface area (Å²) in [4.78, 5) is 132. The number of aliphatic hydroxyl groups excluding tert-OH is 8. The molecule has 5 unspecified atom stereocenters. The van der Waals surface area contributed by atoms with Crippen LogP contribution >= 0.6 is 23.2 Å². The summed E-state index contributed by atoms with van der Waals surface area (Å²) in [5, 5.41) is 164. The van der Waals surface area contributed by atoms with Gasteiger partial charge in [-0.1, -0.05) is 87.6 Å². The second-order valence-corrected chi connectivity index (χ2v) is 33.8. The molecule has 8 amide bonds. The predicted octanol–water partition coefficient (Wildman–Crippen LogP) is 2.12. The number of rotatable bonds is 31. The maximum Gasteiger partial charge on any atom is 0.330 e. The van der Waals surface area contributed by atoms with Crippen molar-refractivity contribution in [2.24, 2.45) is 23.5 Å². The van der Waals surface area contributed by atoms with Crippen LogP contribution in [-0.2, 0) is 65.7 Å². The van der Waals surface area contributed by atoms with E-state index >= 15 is 24.0 Å². The van der Waals surface area contributed by atoms with E-state index in [2.05, 4.69) is 60.1 Å². The van der Waals surface area contributed by atoms with E-state index in [4.69, 9.17) is 62.5 Å². The maximum absolute atomic E-state index is 16.4. The minimum Gasteiger partial charge on any atom is -0.507 e. The number of nitrogens with two attached hydrogens (primary N) is 1. The number of carboxylic acid groups (broad SMARTS) is 1. The van der Waals surface area contributed by atoms with Gasteiger partial charge in [-0.15, -0.1) is 0 Å². The van der Waals surface area contributed by atoms with Crippen molar-refractivity contribution in [3.05, 3.63) is 146 Å². The fourth-order valence-electron chi connectivity index (χ4n) is 16.8. The zero-order chi connectivity index (χ0) is 91.7. The van der Waals surface area contributed by atoms with Crippen molar-refractivity contribution in [2.75, 3.05) is 40.0 Å². The van der Waals surface area contributed by atoms with Gasteiger partial charge in [0.15, 0.2) is 17.5 Å².